The van der Waals surface area contributed by atoms with Crippen LogP contribution in [0.1, 0.15) is 20.8 Å². The van der Waals surface area contributed by atoms with Crippen LogP contribution >= 0.6 is 45.2 Å². The lowest BCUT2D eigenvalue weighted by Gasteiger charge is -1.88. The molecular formula is C16H18I2O2. The summed E-state index contributed by atoms with van der Waals surface area (Å²) in [5.41, 5.74) is 1.32. The van der Waals surface area contributed by atoms with Gasteiger partial charge in [-0.05, 0) is 102 Å². The molecule has 0 bridgehead atoms. The molecule has 0 radical (unpaired) electrons. The summed E-state index contributed by atoms with van der Waals surface area (Å²) in [7, 11) is 0. The first kappa shape index (κ1) is 17.4. The van der Waals surface area contributed by atoms with Crippen molar-refractivity contribution in [2.45, 2.75) is 20.7 Å². The van der Waals surface area contributed by atoms with Crippen molar-refractivity contribution >= 4 is 51.0 Å². The van der Waals surface area contributed by atoms with Crippen LogP contribution in [0.15, 0.2) is 48.5 Å². The predicted octanol–water partition coefficient (Wildman–Crippen LogP) is 5.19. The van der Waals surface area contributed by atoms with Crippen LogP contribution in [0.3, 0.4) is 0 Å². The van der Waals surface area contributed by atoms with Gasteiger partial charge in [-0.1, -0.05) is 17.7 Å². The summed E-state index contributed by atoms with van der Waals surface area (Å²) in [6.07, 6.45) is 0. The SMILES string of the molecule is Cc1ccc(I)cc1.Oc1ccc(I)cc1.[2H]CC(C)=O. The molecule has 2 aromatic carbocycles. The van der Waals surface area contributed by atoms with E-state index in [0.29, 0.717) is 5.75 Å². The summed E-state index contributed by atoms with van der Waals surface area (Å²) in [6, 6.07) is 15.5. The van der Waals surface area contributed by atoms with E-state index in [1.165, 1.54) is 16.1 Å². The van der Waals surface area contributed by atoms with Crippen molar-refractivity contribution in [2.24, 2.45) is 0 Å². The molecule has 0 fully saturated rings. The number of carbonyl (C=O) groups is 1. The molecule has 2 rings (SSSR count). The molecule has 0 heterocycles. The number of benzene rings is 2. The number of rotatable bonds is 0. The third kappa shape index (κ3) is 12.4. The molecule has 0 saturated heterocycles. The minimum Gasteiger partial charge on any atom is -0.508 e. The highest BCUT2D eigenvalue weighted by Gasteiger charge is 1.83. The third-order valence-electron chi connectivity index (χ3n) is 1.84. The van der Waals surface area contributed by atoms with Crippen molar-refractivity contribution in [3.63, 3.8) is 0 Å². The van der Waals surface area contributed by atoms with E-state index >= 15 is 0 Å². The van der Waals surface area contributed by atoms with E-state index < -0.39 is 0 Å². The van der Waals surface area contributed by atoms with Crippen molar-refractivity contribution in [3.8, 4) is 5.75 Å². The highest BCUT2D eigenvalue weighted by atomic mass is 127. The van der Waals surface area contributed by atoms with Gasteiger partial charge in [0.15, 0.2) is 0 Å². The maximum atomic E-state index is 9.62. The molecule has 0 saturated carbocycles. The van der Waals surface area contributed by atoms with E-state index in [9.17, 15) is 4.79 Å². The van der Waals surface area contributed by atoms with Gasteiger partial charge in [0.1, 0.15) is 11.5 Å². The number of aryl methyl sites for hydroxylation is 1. The minimum absolute atomic E-state index is 0.0787. The Kier molecular flexibility index (Phi) is 9.65. The molecule has 0 atom stereocenters. The van der Waals surface area contributed by atoms with Crippen LogP contribution in [0.4, 0.5) is 0 Å². The molecule has 20 heavy (non-hydrogen) atoms. The predicted molar refractivity (Wildman–Crippen MR) is 101 cm³/mol. The molecule has 0 unspecified atom stereocenters. The number of halogens is 2. The molecule has 0 amide bonds. The van der Waals surface area contributed by atoms with Gasteiger partial charge < -0.3 is 9.90 Å². The number of ketones is 1. The fourth-order valence-corrected chi connectivity index (χ4v) is 1.69. The van der Waals surface area contributed by atoms with Crippen molar-refractivity contribution < 1.29 is 11.3 Å². The van der Waals surface area contributed by atoms with Crippen LogP contribution in [0.5, 0.6) is 5.75 Å². The van der Waals surface area contributed by atoms with Crippen LogP contribution in [0.2, 0.25) is 0 Å². The zero-order valence-corrected chi connectivity index (χ0v) is 15.8. The standard InChI is InChI=1S/C7H7I.C6H5IO.C3H6O/c1-6-2-4-7(8)5-3-6;7-5-1-3-6(8)4-2-5;1-3(2)4/h2-5H,1H3;1-4,8H;1-2H3/i;;1D. The van der Waals surface area contributed by atoms with Crippen molar-refractivity contribution in [1.82, 2.24) is 0 Å². The molecule has 0 aliphatic carbocycles. The van der Waals surface area contributed by atoms with Crippen LogP contribution in [-0.2, 0) is 4.79 Å². The first-order valence-electron chi connectivity index (χ1n) is 6.51. The lowest BCUT2D eigenvalue weighted by Crippen LogP contribution is -1.69. The number of phenolic OH excluding ortho intramolecular Hbond substituents is 1. The lowest BCUT2D eigenvalue weighted by molar-refractivity contribution is -0.114. The van der Waals surface area contributed by atoms with Crippen LogP contribution in [0.25, 0.3) is 0 Å². The quantitative estimate of drug-likeness (QED) is 0.509. The summed E-state index contributed by atoms with van der Waals surface area (Å²) >= 11 is 4.48. The van der Waals surface area contributed by atoms with E-state index in [1.54, 1.807) is 12.1 Å². The molecule has 0 aromatic heterocycles. The Labute approximate surface area is 149 Å². The van der Waals surface area contributed by atoms with Gasteiger partial charge in [0.2, 0.25) is 0 Å². The third-order valence-corrected chi connectivity index (χ3v) is 3.28. The van der Waals surface area contributed by atoms with Crippen molar-refractivity contribution in [1.29, 1.82) is 0 Å². The van der Waals surface area contributed by atoms with E-state index in [0.717, 1.165) is 3.57 Å². The van der Waals surface area contributed by atoms with Crippen LogP contribution < -0.4 is 0 Å². The molecule has 4 heteroatoms. The minimum atomic E-state index is -0.0833. The van der Waals surface area contributed by atoms with Crippen molar-refractivity contribution in [3.05, 3.63) is 61.2 Å². The van der Waals surface area contributed by atoms with Crippen LogP contribution in [0, 0.1) is 14.1 Å². The van der Waals surface area contributed by atoms with E-state index in [2.05, 4.69) is 76.4 Å². The largest absolute Gasteiger partial charge is 0.508 e. The van der Waals surface area contributed by atoms with Gasteiger partial charge in [0, 0.05) is 8.51 Å². The molecule has 108 valence electrons. The molecule has 2 aromatic rings. The van der Waals surface area contributed by atoms with E-state index in [4.69, 9.17) is 6.48 Å². The second kappa shape index (κ2) is 11.1. The lowest BCUT2D eigenvalue weighted by atomic mass is 10.2. The Morgan fingerprint density at radius 3 is 1.60 bits per heavy atom. The molecule has 0 aliphatic rings. The van der Waals surface area contributed by atoms with Gasteiger partial charge in [-0.25, -0.2) is 0 Å². The summed E-state index contributed by atoms with van der Waals surface area (Å²) in [6.45, 7) is 3.41. The highest BCUT2D eigenvalue weighted by molar-refractivity contribution is 14.1. The summed E-state index contributed by atoms with van der Waals surface area (Å²) in [5.74, 6) is 0.246. The zero-order chi connectivity index (χ0) is 16.3. The number of hydrogen-bond donors (Lipinski definition) is 1. The maximum Gasteiger partial charge on any atom is 0.126 e. The van der Waals surface area contributed by atoms with Gasteiger partial charge in [-0.3, -0.25) is 0 Å². The fraction of sp³-hybridized carbons (Fsp3) is 0.188. The Bertz CT molecular complexity index is 439. The molecular weight excluding hydrogens is 478 g/mol. The number of phenols is 1. The molecule has 1 N–H and O–H groups in total. The molecule has 2 nitrogen and oxygen atoms in total. The zero-order valence-electron chi connectivity index (χ0n) is 12.4. The van der Waals surface area contributed by atoms with Crippen molar-refractivity contribution in [2.75, 3.05) is 0 Å². The number of carbonyl (C=O) groups excluding carboxylic acids is 1. The normalized spacial score (nSPS) is 9.30. The average Bonchev–Trinajstić information content (AvgIpc) is 2.46. The second-order valence-electron chi connectivity index (χ2n) is 3.97. The van der Waals surface area contributed by atoms with Gasteiger partial charge in [0.05, 0.1) is 0 Å². The summed E-state index contributed by atoms with van der Waals surface area (Å²) in [4.78, 5) is 9.62. The van der Waals surface area contributed by atoms with Gasteiger partial charge >= 0.3 is 0 Å². The van der Waals surface area contributed by atoms with Gasteiger partial charge in [0.25, 0.3) is 0 Å². The van der Waals surface area contributed by atoms with Gasteiger partial charge in [-0.2, -0.15) is 0 Å². The fourth-order valence-electron chi connectivity index (χ4n) is 0.974. The monoisotopic (exact) mass is 497 g/mol. The Balaban J connectivity index is 0.000000296. The maximum absolute atomic E-state index is 9.62. The number of hydrogen-bond acceptors (Lipinski definition) is 2. The smallest absolute Gasteiger partial charge is 0.126 e. The summed E-state index contributed by atoms with van der Waals surface area (Å²) in [5, 5.41) is 8.75. The van der Waals surface area contributed by atoms with Gasteiger partial charge in [-0.15, -0.1) is 0 Å². The first-order valence-corrected chi connectivity index (χ1v) is 7.96. The molecule has 0 spiro atoms. The summed E-state index contributed by atoms with van der Waals surface area (Å²) < 4.78 is 8.75. The van der Waals surface area contributed by atoms with E-state index in [-0.39, 0.29) is 12.7 Å². The topological polar surface area (TPSA) is 37.3 Å². The molecule has 0 aliphatic heterocycles. The number of Topliss-reactive ketones (excluding diaryl/α,β-unsaturated/α-hetero) is 1. The first-order chi connectivity index (χ1) is 9.85. The Hall–Kier alpha value is -0.630. The number of aromatic hydroxyl groups is 1. The Morgan fingerprint density at radius 1 is 1.00 bits per heavy atom. The van der Waals surface area contributed by atoms with E-state index in [1.807, 2.05) is 12.1 Å². The Morgan fingerprint density at radius 2 is 1.35 bits per heavy atom. The average molecular weight is 497 g/mol. The highest BCUT2D eigenvalue weighted by Crippen LogP contribution is 2.10. The second-order valence-corrected chi connectivity index (χ2v) is 6.47. The van der Waals surface area contributed by atoms with Crippen LogP contribution in [-0.4, -0.2) is 10.9 Å².